The van der Waals surface area contributed by atoms with E-state index in [1.165, 1.54) is 25.7 Å². The third kappa shape index (κ3) is 4.12. The smallest absolute Gasteiger partial charge is 0.225 e. The zero-order chi connectivity index (χ0) is 11.8. The van der Waals surface area contributed by atoms with Gasteiger partial charge in [-0.2, -0.15) is 0 Å². The Balaban J connectivity index is 2.44. The highest BCUT2D eigenvalue weighted by Gasteiger charge is 2.23. The molecule has 0 saturated heterocycles. The maximum atomic E-state index is 12.2. The van der Waals surface area contributed by atoms with Gasteiger partial charge in [-0.1, -0.05) is 25.7 Å². The number of nitrogens with zero attached hydrogens (tertiary/aromatic N) is 1. The van der Waals surface area contributed by atoms with Crippen LogP contribution < -0.4 is 0 Å². The lowest BCUT2D eigenvalue weighted by atomic mass is 9.98. The number of hydrogen-bond acceptors (Lipinski definition) is 2. The summed E-state index contributed by atoms with van der Waals surface area (Å²) < 4.78 is 0. The Bertz CT molecular complexity index is 198. The first-order valence-corrected chi connectivity index (χ1v) is 6.69. The van der Waals surface area contributed by atoms with Crippen molar-refractivity contribution in [3.63, 3.8) is 0 Å². The maximum absolute atomic E-state index is 12.2. The lowest BCUT2D eigenvalue weighted by Gasteiger charge is -2.25. The van der Waals surface area contributed by atoms with E-state index in [4.69, 9.17) is 5.11 Å². The van der Waals surface area contributed by atoms with Crippen LogP contribution in [0.3, 0.4) is 0 Å². The lowest BCUT2D eigenvalue weighted by molar-refractivity contribution is -0.135. The Labute approximate surface area is 98.8 Å². The van der Waals surface area contributed by atoms with Crippen molar-refractivity contribution < 1.29 is 9.90 Å². The zero-order valence-electron chi connectivity index (χ0n) is 10.5. The summed E-state index contributed by atoms with van der Waals surface area (Å²) in [5.74, 6) is 0.569. The average Bonchev–Trinajstić information content (AvgIpc) is 2.58. The van der Waals surface area contributed by atoms with Gasteiger partial charge < -0.3 is 10.0 Å². The monoisotopic (exact) mass is 227 g/mol. The van der Waals surface area contributed by atoms with Crippen LogP contribution in [-0.2, 0) is 4.79 Å². The summed E-state index contributed by atoms with van der Waals surface area (Å²) in [6.07, 6.45) is 7.80. The van der Waals surface area contributed by atoms with Crippen molar-refractivity contribution in [2.24, 2.45) is 5.92 Å². The Morgan fingerprint density at radius 2 is 1.88 bits per heavy atom. The molecule has 1 aliphatic rings. The largest absolute Gasteiger partial charge is 0.396 e. The molecule has 3 heteroatoms. The number of aliphatic hydroxyl groups excluding tert-OH is 1. The molecular formula is C13H25NO2. The van der Waals surface area contributed by atoms with Crippen LogP contribution in [0.4, 0.5) is 0 Å². The number of amides is 1. The molecule has 0 spiro atoms. The van der Waals surface area contributed by atoms with Gasteiger partial charge in [0.1, 0.15) is 0 Å². The van der Waals surface area contributed by atoms with Crippen molar-refractivity contribution in [1.82, 2.24) is 4.90 Å². The fraction of sp³-hybridized carbons (Fsp3) is 0.923. The molecule has 1 saturated carbocycles. The summed E-state index contributed by atoms with van der Waals surface area (Å²) in [4.78, 5) is 14.1. The third-order valence-electron chi connectivity index (χ3n) is 3.48. The molecule has 3 nitrogen and oxygen atoms in total. The van der Waals surface area contributed by atoms with E-state index in [9.17, 15) is 4.79 Å². The summed E-state index contributed by atoms with van der Waals surface area (Å²) in [6.45, 7) is 3.68. The second-order valence-electron chi connectivity index (χ2n) is 4.68. The van der Waals surface area contributed by atoms with Crippen molar-refractivity contribution in [3.8, 4) is 0 Å². The van der Waals surface area contributed by atoms with Gasteiger partial charge >= 0.3 is 0 Å². The van der Waals surface area contributed by atoms with E-state index < -0.39 is 0 Å². The van der Waals surface area contributed by atoms with E-state index in [0.717, 1.165) is 19.4 Å². The molecular weight excluding hydrogens is 202 g/mol. The molecule has 0 aromatic carbocycles. The summed E-state index contributed by atoms with van der Waals surface area (Å²) in [6, 6.07) is 0. The number of rotatable bonds is 5. The molecule has 1 amide bonds. The fourth-order valence-electron chi connectivity index (χ4n) is 2.47. The first-order chi connectivity index (χ1) is 7.79. The second-order valence-corrected chi connectivity index (χ2v) is 4.68. The molecule has 1 aliphatic carbocycles. The molecule has 16 heavy (non-hydrogen) atoms. The van der Waals surface area contributed by atoms with Crippen LogP contribution in [0.2, 0.25) is 0 Å². The van der Waals surface area contributed by atoms with E-state index in [1.807, 2.05) is 11.8 Å². The SMILES string of the molecule is CCN(CCCO)C(=O)C1CCCCCC1. The van der Waals surface area contributed by atoms with Crippen molar-refractivity contribution in [1.29, 1.82) is 0 Å². The topological polar surface area (TPSA) is 40.5 Å². The summed E-state index contributed by atoms with van der Waals surface area (Å²) in [5, 5.41) is 8.81. The number of hydrogen-bond donors (Lipinski definition) is 1. The molecule has 0 bridgehead atoms. The Hall–Kier alpha value is -0.570. The number of carbonyl (C=O) groups excluding carboxylic acids is 1. The van der Waals surface area contributed by atoms with Crippen LogP contribution in [-0.4, -0.2) is 35.6 Å². The summed E-state index contributed by atoms with van der Waals surface area (Å²) in [5.41, 5.74) is 0. The van der Waals surface area contributed by atoms with Crippen molar-refractivity contribution in [2.45, 2.75) is 51.9 Å². The predicted molar refractivity (Wildman–Crippen MR) is 65.1 cm³/mol. The van der Waals surface area contributed by atoms with Gasteiger partial charge in [-0.25, -0.2) is 0 Å². The Morgan fingerprint density at radius 3 is 2.38 bits per heavy atom. The van der Waals surface area contributed by atoms with Crippen LogP contribution in [0.25, 0.3) is 0 Å². The third-order valence-corrected chi connectivity index (χ3v) is 3.48. The van der Waals surface area contributed by atoms with Crippen LogP contribution >= 0.6 is 0 Å². The maximum Gasteiger partial charge on any atom is 0.225 e. The van der Waals surface area contributed by atoms with E-state index in [2.05, 4.69) is 0 Å². The molecule has 0 atom stereocenters. The molecule has 0 aliphatic heterocycles. The molecule has 1 fully saturated rings. The minimum absolute atomic E-state index is 0.175. The van der Waals surface area contributed by atoms with Crippen molar-refractivity contribution >= 4 is 5.91 Å². The average molecular weight is 227 g/mol. The Kier molecular flexibility index (Phi) is 6.46. The highest BCUT2D eigenvalue weighted by Crippen LogP contribution is 2.24. The van der Waals surface area contributed by atoms with Crippen LogP contribution in [0.5, 0.6) is 0 Å². The normalized spacial score (nSPS) is 18.1. The highest BCUT2D eigenvalue weighted by molar-refractivity contribution is 5.78. The highest BCUT2D eigenvalue weighted by atomic mass is 16.3. The molecule has 0 heterocycles. The van der Waals surface area contributed by atoms with E-state index in [1.54, 1.807) is 0 Å². The van der Waals surface area contributed by atoms with Crippen molar-refractivity contribution in [2.75, 3.05) is 19.7 Å². The van der Waals surface area contributed by atoms with Crippen LogP contribution in [0.15, 0.2) is 0 Å². The quantitative estimate of drug-likeness (QED) is 0.731. The fourth-order valence-corrected chi connectivity index (χ4v) is 2.47. The van der Waals surface area contributed by atoms with Gasteiger partial charge in [-0.05, 0) is 26.2 Å². The molecule has 0 radical (unpaired) electrons. The predicted octanol–water partition coefficient (Wildman–Crippen LogP) is 2.19. The molecule has 94 valence electrons. The van der Waals surface area contributed by atoms with Crippen molar-refractivity contribution in [3.05, 3.63) is 0 Å². The first-order valence-electron chi connectivity index (χ1n) is 6.69. The second kappa shape index (κ2) is 7.66. The molecule has 0 unspecified atom stereocenters. The van der Waals surface area contributed by atoms with Gasteiger partial charge in [0, 0.05) is 25.6 Å². The summed E-state index contributed by atoms with van der Waals surface area (Å²) in [7, 11) is 0. The molecule has 0 aromatic rings. The number of aliphatic hydroxyl groups is 1. The van der Waals surface area contributed by atoms with Crippen LogP contribution in [0.1, 0.15) is 51.9 Å². The minimum Gasteiger partial charge on any atom is -0.396 e. The first kappa shape index (κ1) is 13.5. The molecule has 1 N–H and O–H groups in total. The standard InChI is InChI=1S/C13H25NO2/c1-2-14(10-7-11-15)13(16)12-8-5-3-4-6-9-12/h12,15H,2-11H2,1H3. The van der Waals surface area contributed by atoms with Crippen LogP contribution in [0, 0.1) is 5.92 Å². The van der Waals surface area contributed by atoms with Gasteiger partial charge in [-0.15, -0.1) is 0 Å². The van der Waals surface area contributed by atoms with E-state index >= 15 is 0 Å². The van der Waals surface area contributed by atoms with E-state index in [-0.39, 0.29) is 12.5 Å². The summed E-state index contributed by atoms with van der Waals surface area (Å²) >= 11 is 0. The van der Waals surface area contributed by atoms with Gasteiger partial charge in [0.25, 0.3) is 0 Å². The van der Waals surface area contributed by atoms with Gasteiger partial charge in [0.05, 0.1) is 0 Å². The minimum atomic E-state index is 0.175. The van der Waals surface area contributed by atoms with Gasteiger partial charge in [-0.3, -0.25) is 4.79 Å². The van der Waals surface area contributed by atoms with Gasteiger partial charge in [0.15, 0.2) is 0 Å². The zero-order valence-corrected chi connectivity index (χ0v) is 10.5. The van der Waals surface area contributed by atoms with Gasteiger partial charge in [0.2, 0.25) is 5.91 Å². The molecule has 1 rings (SSSR count). The Morgan fingerprint density at radius 1 is 1.25 bits per heavy atom. The molecule has 0 aromatic heterocycles. The lowest BCUT2D eigenvalue weighted by Crippen LogP contribution is -2.37. The number of carbonyl (C=O) groups is 1. The van der Waals surface area contributed by atoms with E-state index in [0.29, 0.717) is 18.9 Å².